The standard InChI is InChI=1S/C24H18N2O5S/c1-13-9-14(2)11-17(10-13)26-22(28)19(21(27)25-24(26)32)12-18-7-8-20(31-18)15-3-5-16(6-4-15)23(29)30/h3-12H,1-2H3,(H,29,30)(H,25,27,32)/p-1/b19-12-. The van der Waals surface area contributed by atoms with Crippen molar-refractivity contribution < 1.29 is 23.9 Å². The van der Waals surface area contributed by atoms with Crippen molar-refractivity contribution in [3.63, 3.8) is 0 Å². The van der Waals surface area contributed by atoms with Crippen LogP contribution in [0.15, 0.2) is 64.6 Å². The van der Waals surface area contributed by atoms with E-state index in [2.05, 4.69) is 5.32 Å². The van der Waals surface area contributed by atoms with Crippen LogP contribution in [0.3, 0.4) is 0 Å². The number of carbonyl (C=O) groups excluding carboxylic acids is 3. The highest BCUT2D eigenvalue weighted by molar-refractivity contribution is 7.80. The van der Waals surface area contributed by atoms with Crippen LogP contribution in [0.5, 0.6) is 0 Å². The second-order valence-corrected chi connectivity index (χ2v) is 7.76. The molecule has 3 aromatic rings. The van der Waals surface area contributed by atoms with Crippen LogP contribution in [0.1, 0.15) is 27.2 Å². The van der Waals surface area contributed by atoms with Gasteiger partial charge in [-0.2, -0.15) is 0 Å². The van der Waals surface area contributed by atoms with Crippen LogP contribution >= 0.6 is 12.2 Å². The van der Waals surface area contributed by atoms with E-state index >= 15 is 0 Å². The molecular formula is C24H17N2O5S-. The molecule has 1 aliphatic heterocycles. The van der Waals surface area contributed by atoms with Crippen LogP contribution in [-0.4, -0.2) is 22.9 Å². The lowest BCUT2D eigenvalue weighted by Gasteiger charge is -2.29. The zero-order valence-corrected chi connectivity index (χ0v) is 18.0. The Hall–Kier alpha value is -4.04. The minimum Gasteiger partial charge on any atom is -0.545 e. The normalized spacial score (nSPS) is 15.2. The summed E-state index contributed by atoms with van der Waals surface area (Å²) in [5, 5.41) is 13.5. The zero-order valence-electron chi connectivity index (χ0n) is 17.2. The molecule has 0 radical (unpaired) electrons. The molecule has 2 aromatic carbocycles. The fraction of sp³-hybridized carbons (Fsp3) is 0.0833. The predicted octanol–water partition coefficient (Wildman–Crippen LogP) is 2.76. The molecule has 0 aliphatic carbocycles. The van der Waals surface area contributed by atoms with E-state index < -0.39 is 17.8 Å². The molecule has 1 saturated heterocycles. The summed E-state index contributed by atoms with van der Waals surface area (Å²) in [4.78, 5) is 37.8. The Bertz CT molecular complexity index is 1280. The summed E-state index contributed by atoms with van der Waals surface area (Å²) in [7, 11) is 0. The quantitative estimate of drug-likeness (QED) is 0.376. The summed E-state index contributed by atoms with van der Waals surface area (Å²) in [5.74, 6) is -1.70. The van der Waals surface area contributed by atoms with E-state index in [1.54, 1.807) is 24.3 Å². The Balaban J connectivity index is 1.66. The molecule has 0 bridgehead atoms. The first-order valence-electron chi connectivity index (χ1n) is 9.64. The van der Waals surface area contributed by atoms with Crippen molar-refractivity contribution >= 4 is 46.9 Å². The van der Waals surface area contributed by atoms with E-state index in [0.717, 1.165) is 11.1 Å². The number of amides is 2. The monoisotopic (exact) mass is 445 g/mol. The summed E-state index contributed by atoms with van der Waals surface area (Å²) in [6, 6.07) is 14.9. The van der Waals surface area contributed by atoms with Gasteiger partial charge >= 0.3 is 0 Å². The first kappa shape index (κ1) is 21.2. The number of carboxylic acid groups (broad SMARTS) is 1. The Morgan fingerprint density at radius 3 is 2.31 bits per heavy atom. The summed E-state index contributed by atoms with van der Waals surface area (Å²) in [6.45, 7) is 3.82. The van der Waals surface area contributed by atoms with Gasteiger partial charge in [0.15, 0.2) is 5.11 Å². The van der Waals surface area contributed by atoms with Gasteiger partial charge in [-0.15, -0.1) is 0 Å². The highest BCUT2D eigenvalue weighted by Gasteiger charge is 2.34. The van der Waals surface area contributed by atoms with Crippen LogP contribution in [0, 0.1) is 13.8 Å². The van der Waals surface area contributed by atoms with Gasteiger partial charge < -0.3 is 14.3 Å². The van der Waals surface area contributed by atoms with Crippen molar-refractivity contribution in [3.8, 4) is 11.3 Å². The average molecular weight is 445 g/mol. The molecule has 1 N–H and O–H groups in total. The second-order valence-electron chi connectivity index (χ2n) is 7.37. The summed E-state index contributed by atoms with van der Waals surface area (Å²) in [5.41, 5.74) is 3.05. The number of benzene rings is 2. The number of nitrogens with zero attached hydrogens (tertiary/aromatic N) is 1. The summed E-state index contributed by atoms with van der Waals surface area (Å²) < 4.78 is 5.75. The highest BCUT2D eigenvalue weighted by Crippen LogP contribution is 2.27. The first-order chi connectivity index (χ1) is 15.2. The number of rotatable bonds is 4. The maximum atomic E-state index is 13.2. The van der Waals surface area contributed by atoms with Crippen molar-refractivity contribution in [2.75, 3.05) is 4.90 Å². The Labute approximate surface area is 189 Å². The summed E-state index contributed by atoms with van der Waals surface area (Å²) >= 11 is 5.24. The van der Waals surface area contributed by atoms with Crippen LogP contribution < -0.4 is 15.3 Å². The van der Waals surface area contributed by atoms with E-state index in [9.17, 15) is 19.5 Å². The number of thiocarbonyl (C=S) groups is 1. The molecule has 1 aliphatic rings. The van der Waals surface area contributed by atoms with Crippen LogP contribution in [0.25, 0.3) is 17.4 Å². The number of carboxylic acids is 1. The molecule has 1 aromatic heterocycles. The van der Waals surface area contributed by atoms with Crippen LogP contribution in [0.2, 0.25) is 0 Å². The molecule has 160 valence electrons. The third kappa shape index (κ3) is 4.08. The smallest absolute Gasteiger partial charge is 0.270 e. The van der Waals surface area contributed by atoms with Gasteiger partial charge in [-0.1, -0.05) is 30.3 Å². The van der Waals surface area contributed by atoms with E-state index in [1.807, 2.05) is 32.0 Å². The molecule has 7 nitrogen and oxygen atoms in total. The Morgan fingerprint density at radius 1 is 1.03 bits per heavy atom. The Morgan fingerprint density at radius 2 is 1.69 bits per heavy atom. The lowest BCUT2D eigenvalue weighted by molar-refractivity contribution is -0.255. The first-order valence-corrected chi connectivity index (χ1v) is 10.0. The van der Waals surface area contributed by atoms with Gasteiger partial charge in [-0.3, -0.25) is 19.8 Å². The van der Waals surface area contributed by atoms with Gasteiger partial charge in [0.2, 0.25) is 0 Å². The fourth-order valence-electron chi connectivity index (χ4n) is 3.47. The number of hydrogen-bond acceptors (Lipinski definition) is 6. The van der Waals surface area contributed by atoms with Crippen molar-refractivity contribution in [1.29, 1.82) is 0 Å². The molecule has 0 atom stereocenters. The van der Waals surface area contributed by atoms with Crippen molar-refractivity contribution in [2.45, 2.75) is 13.8 Å². The van der Waals surface area contributed by atoms with Gasteiger partial charge in [0.25, 0.3) is 11.8 Å². The van der Waals surface area contributed by atoms with Gasteiger partial charge in [-0.25, -0.2) is 0 Å². The topological polar surface area (TPSA) is 103 Å². The number of hydrogen-bond donors (Lipinski definition) is 1. The lowest BCUT2D eigenvalue weighted by Crippen LogP contribution is -2.54. The van der Waals surface area contributed by atoms with E-state index in [1.165, 1.54) is 23.1 Å². The van der Waals surface area contributed by atoms with Gasteiger partial charge in [0.05, 0.1) is 11.7 Å². The van der Waals surface area contributed by atoms with Crippen molar-refractivity contribution in [3.05, 3.63) is 82.6 Å². The molecule has 1 fully saturated rings. The minimum atomic E-state index is -1.27. The number of carbonyl (C=O) groups is 3. The zero-order chi connectivity index (χ0) is 23.0. The minimum absolute atomic E-state index is 0.00953. The molecule has 32 heavy (non-hydrogen) atoms. The molecule has 4 rings (SSSR count). The SMILES string of the molecule is Cc1cc(C)cc(N2C(=O)/C(=C\c3ccc(-c4ccc(C(=O)[O-])cc4)o3)C(=O)NC2=S)c1. The molecule has 2 amide bonds. The van der Waals surface area contributed by atoms with Crippen molar-refractivity contribution in [2.24, 2.45) is 0 Å². The molecule has 8 heteroatoms. The van der Waals surface area contributed by atoms with Crippen molar-refractivity contribution in [1.82, 2.24) is 5.32 Å². The number of anilines is 1. The van der Waals surface area contributed by atoms with Gasteiger partial charge in [0, 0.05) is 5.56 Å². The maximum Gasteiger partial charge on any atom is 0.270 e. The molecule has 0 saturated carbocycles. The fourth-order valence-corrected chi connectivity index (χ4v) is 3.75. The van der Waals surface area contributed by atoms with Crippen LogP contribution in [-0.2, 0) is 9.59 Å². The lowest BCUT2D eigenvalue weighted by atomic mass is 10.1. The largest absolute Gasteiger partial charge is 0.545 e. The van der Waals surface area contributed by atoms with Gasteiger partial charge in [-0.05, 0) is 73.1 Å². The third-order valence-corrected chi connectivity index (χ3v) is 5.17. The predicted molar refractivity (Wildman–Crippen MR) is 121 cm³/mol. The summed E-state index contributed by atoms with van der Waals surface area (Å²) in [6.07, 6.45) is 1.36. The molecule has 0 unspecified atom stereocenters. The average Bonchev–Trinajstić information content (AvgIpc) is 3.19. The molecule has 0 spiro atoms. The van der Waals surface area contributed by atoms with E-state index in [4.69, 9.17) is 16.6 Å². The highest BCUT2D eigenvalue weighted by atomic mass is 32.1. The second kappa shape index (κ2) is 8.24. The van der Waals surface area contributed by atoms with E-state index in [-0.39, 0.29) is 22.0 Å². The van der Waals surface area contributed by atoms with E-state index in [0.29, 0.717) is 17.0 Å². The number of nitrogens with one attached hydrogen (secondary N) is 1. The Kier molecular flexibility index (Phi) is 5.46. The molecule has 2 heterocycles. The van der Waals surface area contributed by atoms with Gasteiger partial charge in [0.1, 0.15) is 17.1 Å². The number of furan rings is 1. The van der Waals surface area contributed by atoms with Crippen LogP contribution in [0.4, 0.5) is 5.69 Å². The number of aromatic carboxylic acids is 1. The number of aryl methyl sites for hydroxylation is 2. The molecular weight excluding hydrogens is 428 g/mol. The third-order valence-electron chi connectivity index (χ3n) is 4.88. The maximum absolute atomic E-state index is 13.2.